The number of ether oxygens (including phenoxy) is 2. The third-order valence-corrected chi connectivity index (χ3v) is 4.66. The zero-order valence-electron chi connectivity index (χ0n) is 12.8. The highest BCUT2D eigenvalue weighted by Gasteiger charge is 2.33. The monoisotopic (exact) mass is 288 g/mol. The van der Waals surface area contributed by atoms with Crippen molar-refractivity contribution in [3.05, 3.63) is 29.3 Å². The van der Waals surface area contributed by atoms with Gasteiger partial charge in [-0.25, -0.2) is 0 Å². The van der Waals surface area contributed by atoms with Crippen LogP contribution in [0.5, 0.6) is 5.75 Å². The molecule has 0 N–H and O–H groups in total. The lowest BCUT2D eigenvalue weighted by Crippen LogP contribution is -2.34. The molecule has 3 nitrogen and oxygen atoms in total. The van der Waals surface area contributed by atoms with Crippen LogP contribution in [0.4, 0.5) is 0 Å². The second-order valence-corrected chi connectivity index (χ2v) is 6.03. The molecule has 2 aliphatic rings. The molecule has 0 saturated heterocycles. The highest BCUT2D eigenvalue weighted by atomic mass is 16.5. The molecule has 1 aliphatic heterocycles. The average molecular weight is 288 g/mol. The van der Waals surface area contributed by atoms with E-state index in [4.69, 9.17) is 9.47 Å². The number of hydrogen-bond acceptors (Lipinski definition) is 3. The third kappa shape index (κ3) is 2.98. The highest BCUT2D eigenvalue weighted by Crippen LogP contribution is 2.34. The molecule has 21 heavy (non-hydrogen) atoms. The largest absolute Gasteiger partial charge is 0.492 e. The predicted molar refractivity (Wildman–Crippen MR) is 82.0 cm³/mol. The maximum absolute atomic E-state index is 13.0. The minimum Gasteiger partial charge on any atom is -0.492 e. The van der Waals surface area contributed by atoms with Crippen LogP contribution in [0.15, 0.2) is 18.2 Å². The lowest BCUT2D eigenvalue weighted by atomic mass is 9.82. The van der Waals surface area contributed by atoms with Gasteiger partial charge in [0.25, 0.3) is 0 Å². The molecule has 1 fully saturated rings. The summed E-state index contributed by atoms with van der Waals surface area (Å²) in [5, 5.41) is 0. The minimum absolute atomic E-state index is 0.113. The van der Waals surface area contributed by atoms with E-state index in [1.165, 1.54) is 19.3 Å². The molecule has 3 rings (SSSR count). The smallest absolute Gasteiger partial charge is 0.195 e. The summed E-state index contributed by atoms with van der Waals surface area (Å²) in [6, 6.07) is 5.90. The van der Waals surface area contributed by atoms with Crippen molar-refractivity contribution in [3.8, 4) is 5.75 Å². The first kappa shape index (κ1) is 14.6. The Morgan fingerprint density at radius 3 is 2.90 bits per heavy atom. The van der Waals surface area contributed by atoms with Crippen LogP contribution < -0.4 is 4.74 Å². The second-order valence-electron chi connectivity index (χ2n) is 6.03. The number of Topliss-reactive ketones (excluding diaryl/α,β-unsaturated/α-hetero) is 1. The summed E-state index contributed by atoms with van der Waals surface area (Å²) in [6.07, 6.45) is 6.52. The highest BCUT2D eigenvalue weighted by molar-refractivity contribution is 6.02. The van der Waals surface area contributed by atoms with Gasteiger partial charge in [-0.1, -0.05) is 31.4 Å². The number of hydrogen-bond donors (Lipinski definition) is 0. The first-order valence-electron chi connectivity index (χ1n) is 8.21. The van der Waals surface area contributed by atoms with Gasteiger partial charge in [-0.05, 0) is 37.3 Å². The fourth-order valence-electron chi connectivity index (χ4n) is 3.60. The van der Waals surface area contributed by atoms with Crippen molar-refractivity contribution in [1.82, 2.24) is 0 Å². The number of carbonyl (C=O) groups excluding carboxylic acids is 1. The van der Waals surface area contributed by atoms with Crippen LogP contribution in [-0.2, 0) is 11.2 Å². The van der Waals surface area contributed by atoms with Crippen LogP contribution in [0, 0.1) is 5.92 Å². The lowest BCUT2D eigenvalue weighted by molar-refractivity contribution is 0.0125. The Hall–Kier alpha value is -1.35. The number of ketones is 1. The van der Waals surface area contributed by atoms with Crippen LogP contribution in [0.1, 0.15) is 54.9 Å². The summed E-state index contributed by atoms with van der Waals surface area (Å²) in [4.78, 5) is 13.0. The van der Waals surface area contributed by atoms with Gasteiger partial charge in [0.15, 0.2) is 5.78 Å². The van der Waals surface area contributed by atoms with Gasteiger partial charge in [-0.3, -0.25) is 4.79 Å². The molecule has 1 aromatic carbocycles. The Morgan fingerprint density at radius 1 is 1.33 bits per heavy atom. The molecule has 1 atom stereocenters. The van der Waals surface area contributed by atoms with Crippen LogP contribution in [0.3, 0.4) is 0 Å². The van der Waals surface area contributed by atoms with Crippen LogP contribution in [-0.4, -0.2) is 25.1 Å². The number of para-hydroxylation sites is 1. The summed E-state index contributed by atoms with van der Waals surface area (Å²) < 4.78 is 11.5. The topological polar surface area (TPSA) is 35.5 Å². The molecule has 0 radical (unpaired) electrons. The van der Waals surface area contributed by atoms with E-state index < -0.39 is 0 Å². The second kappa shape index (κ2) is 6.61. The first-order valence-corrected chi connectivity index (χ1v) is 8.21. The molecule has 3 heteroatoms. The van der Waals surface area contributed by atoms with E-state index >= 15 is 0 Å². The zero-order valence-corrected chi connectivity index (χ0v) is 12.8. The van der Waals surface area contributed by atoms with Gasteiger partial charge in [0, 0.05) is 13.0 Å². The van der Waals surface area contributed by atoms with E-state index in [2.05, 4.69) is 6.07 Å². The van der Waals surface area contributed by atoms with Gasteiger partial charge >= 0.3 is 0 Å². The Labute approximate surface area is 126 Å². The average Bonchev–Trinajstić information content (AvgIpc) is 3.01. The molecule has 0 bridgehead atoms. The number of fused-ring (bicyclic) bond motifs is 1. The molecule has 1 unspecified atom stereocenters. The van der Waals surface area contributed by atoms with E-state index in [-0.39, 0.29) is 11.9 Å². The van der Waals surface area contributed by atoms with Crippen molar-refractivity contribution in [3.63, 3.8) is 0 Å². The summed E-state index contributed by atoms with van der Waals surface area (Å²) in [7, 11) is 0. The Morgan fingerprint density at radius 2 is 2.14 bits per heavy atom. The van der Waals surface area contributed by atoms with Crippen molar-refractivity contribution in [2.75, 3.05) is 13.2 Å². The number of rotatable bonds is 5. The van der Waals surface area contributed by atoms with Gasteiger partial charge in [0.1, 0.15) is 11.9 Å². The maximum Gasteiger partial charge on any atom is 0.195 e. The maximum atomic E-state index is 13.0. The van der Waals surface area contributed by atoms with Crippen molar-refractivity contribution < 1.29 is 14.3 Å². The van der Waals surface area contributed by atoms with Crippen molar-refractivity contribution in [1.29, 1.82) is 0 Å². The number of carbonyl (C=O) groups is 1. The van der Waals surface area contributed by atoms with Crippen molar-refractivity contribution >= 4 is 5.78 Å². The molecule has 1 aromatic rings. The summed E-state index contributed by atoms with van der Waals surface area (Å²) in [5.74, 6) is 1.27. The Bertz CT molecular complexity index is 503. The van der Waals surface area contributed by atoms with Gasteiger partial charge in [0.2, 0.25) is 0 Å². The fraction of sp³-hybridized carbons (Fsp3) is 0.611. The molecular formula is C18H24O3. The van der Waals surface area contributed by atoms with E-state index in [9.17, 15) is 4.79 Å². The van der Waals surface area contributed by atoms with Gasteiger partial charge in [-0.2, -0.15) is 0 Å². The van der Waals surface area contributed by atoms with E-state index in [0.717, 1.165) is 30.6 Å². The third-order valence-electron chi connectivity index (χ3n) is 4.66. The van der Waals surface area contributed by atoms with E-state index in [1.807, 2.05) is 19.1 Å². The Balaban J connectivity index is 1.85. The van der Waals surface area contributed by atoms with Crippen LogP contribution in [0.2, 0.25) is 0 Å². The standard InChI is InChI=1S/C18H24O3/c1-2-20-18(13-7-4-3-5-8-13)16(19)15-10-6-9-14-11-12-21-17(14)15/h6,9-10,13,18H,2-5,7-8,11-12H2,1H3. The summed E-state index contributed by atoms with van der Waals surface area (Å²) in [6.45, 7) is 3.24. The quantitative estimate of drug-likeness (QED) is 0.773. The normalized spacial score (nSPS) is 19.9. The van der Waals surface area contributed by atoms with Crippen molar-refractivity contribution in [2.45, 2.75) is 51.6 Å². The van der Waals surface area contributed by atoms with Gasteiger partial charge in [0.05, 0.1) is 12.2 Å². The predicted octanol–water partition coefficient (Wildman–Crippen LogP) is 3.79. The molecule has 1 heterocycles. The summed E-state index contributed by atoms with van der Waals surface area (Å²) in [5.41, 5.74) is 1.87. The van der Waals surface area contributed by atoms with Crippen LogP contribution >= 0.6 is 0 Å². The SMILES string of the molecule is CCOC(C(=O)c1cccc2c1OCC2)C1CCCCC1. The number of benzene rings is 1. The zero-order chi connectivity index (χ0) is 14.7. The molecule has 1 saturated carbocycles. The summed E-state index contributed by atoms with van der Waals surface area (Å²) >= 11 is 0. The first-order chi connectivity index (χ1) is 10.3. The molecule has 0 amide bonds. The van der Waals surface area contributed by atoms with Crippen molar-refractivity contribution in [2.24, 2.45) is 5.92 Å². The molecule has 0 aromatic heterocycles. The van der Waals surface area contributed by atoms with Gasteiger partial charge in [-0.15, -0.1) is 0 Å². The van der Waals surface area contributed by atoms with Gasteiger partial charge < -0.3 is 9.47 Å². The van der Waals surface area contributed by atoms with E-state index in [1.54, 1.807) is 0 Å². The van der Waals surface area contributed by atoms with Crippen LogP contribution in [0.25, 0.3) is 0 Å². The van der Waals surface area contributed by atoms with E-state index in [0.29, 0.717) is 24.7 Å². The lowest BCUT2D eigenvalue weighted by Gasteiger charge is -2.29. The molecule has 1 aliphatic carbocycles. The molecule has 114 valence electrons. The fourth-order valence-corrected chi connectivity index (χ4v) is 3.60. The molecular weight excluding hydrogens is 264 g/mol. The minimum atomic E-state index is -0.300. The Kier molecular flexibility index (Phi) is 4.59. The molecule has 0 spiro atoms.